The second kappa shape index (κ2) is 6.83. The Morgan fingerprint density at radius 1 is 0.962 bits per heavy atom. The van der Waals surface area contributed by atoms with Crippen molar-refractivity contribution < 1.29 is 9.21 Å². The maximum atomic E-state index is 12.3. The highest BCUT2D eigenvalue weighted by Crippen LogP contribution is 2.32. The molecule has 0 aliphatic rings. The van der Waals surface area contributed by atoms with Crippen LogP contribution in [0.3, 0.4) is 0 Å². The van der Waals surface area contributed by atoms with Crippen molar-refractivity contribution in [2.75, 3.05) is 5.32 Å². The standard InChI is InChI=1S/C20H12Cl2N2O2/c21-13-6-8-15(16(22)10-13)20-24-17-11-14(7-9-18(17)26-20)23-19(25)12-4-2-1-3-5-12/h1-11H,(H,23,25). The number of nitrogens with zero attached hydrogens (tertiary/aromatic N) is 1. The number of hydrogen-bond acceptors (Lipinski definition) is 3. The van der Waals surface area contributed by atoms with E-state index in [1.165, 1.54) is 0 Å². The normalized spacial score (nSPS) is 10.8. The molecule has 1 N–H and O–H groups in total. The van der Waals surface area contributed by atoms with Gasteiger partial charge in [0.05, 0.1) is 10.6 Å². The van der Waals surface area contributed by atoms with Crippen molar-refractivity contribution in [1.82, 2.24) is 4.98 Å². The molecule has 1 aromatic heterocycles. The fourth-order valence-electron chi connectivity index (χ4n) is 2.58. The number of oxazole rings is 1. The van der Waals surface area contributed by atoms with E-state index in [2.05, 4.69) is 10.3 Å². The summed E-state index contributed by atoms with van der Waals surface area (Å²) < 4.78 is 5.77. The Labute approximate surface area is 159 Å². The fourth-order valence-corrected chi connectivity index (χ4v) is 3.07. The minimum Gasteiger partial charge on any atom is -0.436 e. The lowest BCUT2D eigenvalue weighted by atomic mass is 10.2. The molecule has 1 heterocycles. The zero-order valence-corrected chi connectivity index (χ0v) is 14.9. The van der Waals surface area contributed by atoms with E-state index in [9.17, 15) is 4.79 Å². The van der Waals surface area contributed by atoms with Crippen molar-refractivity contribution in [3.8, 4) is 11.5 Å². The highest BCUT2D eigenvalue weighted by molar-refractivity contribution is 6.36. The fraction of sp³-hybridized carbons (Fsp3) is 0. The second-order valence-corrected chi connectivity index (χ2v) is 6.49. The molecule has 0 atom stereocenters. The first kappa shape index (κ1) is 16.6. The van der Waals surface area contributed by atoms with Crippen LogP contribution in [-0.2, 0) is 0 Å². The monoisotopic (exact) mass is 382 g/mol. The predicted molar refractivity (Wildman–Crippen MR) is 104 cm³/mol. The number of carbonyl (C=O) groups excluding carboxylic acids is 1. The molecule has 0 bridgehead atoms. The van der Waals surface area contributed by atoms with E-state index in [-0.39, 0.29) is 5.91 Å². The average molecular weight is 383 g/mol. The molecule has 4 rings (SSSR count). The first-order chi connectivity index (χ1) is 12.6. The topological polar surface area (TPSA) is 55.1 Å². The van der Waals surface area contributed by atoms with Gasteiger partial charge in [-0.3, -0.25) is 4.79 Å². The molecule has 1 amide bonds. The Balaban J connectivity index is 1.65. The lowest BCUT2D eigenvalue weighted by Gasteiger charge is -2.04. The number of carbonyl (C=O) groups is 1. The van der Waals surface area contributed by atoms with Gasteiger partial charge in [-0.05, 0) is 48.5 Å². The van der Waals surface area contributed by atoms with Gasteiger partial charge in [0.25, 0.3) is 5.91 Å². The van der Waals surface area contributed by atoms with Gasteiger partial charge in [0.2, 0.25) is 5.89 Å². The minimum atomic E-state index is -0.186. The van der Waals surface area contributed by atoms with Crippen LogP contribution in [0, 0.1) is 0 Å². The SMILES string of the molecule is O=C(Nc1ccc2oc(-c3ccc(Cl)cc3Cl)nc2c1)c1ccccc1. The van der Waals surface area contributed by atoms with Crippen LogP contribution in [-0.4, -0.2) is 10.9 Å². The third-order valence-corrected chi connectivity index (χ3v) is 4.39. The van der Waals surface area contributed by atoms with Gasteiger partial charge in [0, 0.05) is 16.3 Å². The molecule has 4 aromatic rings. The summed E-state index contributed by atoms with van der Waals surface area (Å²) in [6, 6.07) is 19.4. The van der Waals surface area contributed by atoms with Crippen LogP contribution in [0.4, 0.5) is 5.69 Å². The van der Waals surface area contributed by atoms with E-state index >= 15 is 0 Å². The maximum absolute atomic E-state index is 12.3. The molecule has 0 spiro atoms. The van der Waals surface area contributed by atoms with Gasteiger partial charge in [-0.25, -0.2) is 4.98 Å². The van der Waals surface area contributed by atoms with E-state index in [1.807, 2.05) is 18.2 Å². The van der Waals surface area contributed by atoms with E-state index in [0.29, 0.717) is 43.9 Å². The summed E-state index contributed by atoms with van der Waals surface area (Å²) in [4.78, 5) is 16.7. The summed E-state index contributed by atoms with van der Waals surface area (Å²) in [5.41, 5.74) is 3.09. The van der Waals surface area contributed by atoms with Gasteiger partial charge in [0.15, 0.2) is 5.58 Å². The van der Waals surface area contributed by atoms with Gasteiger partial charge in [0.1, 0.15) is 5.52 Å². The summed E-state index contributed by atoms with van der Waals surface area (Å²) in [7, 11) is 0. The molecule has 0 saturated heterocycles. The quantitative estimate of drug-likeness (QED) is 0.468. The maximum Gasteiger partial charge on any atom is 0.255 e. The number of benzene rings is 3. The van der Waals surface area contributed by atoms with Crippen LogP contribution in [0.5, 0.6) is 0 Å². The molecule has 0 fully saturated rings. The van der Waals surface area contributed by atoms with E-state index in [4.69, 9.17) is 27.6 Å². The van der Waals surface area contributed by atoms with Gasteiger partial charge in [-0.15, -0.1) is 0 Å². The van der Waals surface area contributed by atoms with Crippen LogP contribution in [0.25, 0.3) is 22.6 Å². The smallest absolute Gasteiger partial charge is 0.255 e. The van der Waals surface area contributed by atoms with E-state index in [1.54, 1.807) is 48.5 Å². The van der Waals surface area contributed by atoms with Gasteiger partial charge >= 0.3 is 0 Å². The van der Waals surface area contributed by atoms with Crippen LogP contribution in [0.15, 0.2) is 71.1 Å². The molecule has 0 aliphatic carbocycles. The second-order valence-electron chi connectivity index (χ2n) is 5.65. The number of halogens is 2. The summed E-state index contributed by atoms with van der Waals surface area (Å²) in [5, 5.41) is 3.86. The van der Waals surface area contributed by atoms with Crippen molar-refractivity contribution >= 4 is 45.9 Å². The first-order valence-electron chi connectivity index (χ1n) is 7.82. The Hall–Kier alpha value is -2.82. The molecule has 26 heavy (non-hydrogen) atoms. The Bertz CT molecular complexity index is 1110. The van der Waals surface area contributed by atoms with Gasteiger partial charge < -0.3 is 9.73 Å². The van der Waals surface area contributed by atoms with Crippen molar-refractivity contribution in [2.45, 2.75) is 0 Å². The number of nitrogens with one attached hydrogen (secondary N) is 1. The van der Waals surface area contributed by atoms with Crippen LogP contribution in [0.1, 0.15) is 10.4 Å². The Morgan fingerprint density at radius 2 is 1.77 bits per heavy atom. The van der Waals surface area contributed by atoms with Gasteiger partial charge in [-0.2, -0.15) is 0 Å². The molecule has 4 nitrogen and oxygen atoms in total. The zero-order chi connectivity index (χ0) is 18.1. The van der Waals surface area contributed by atoms with Gasteiger partial charge in [-0.1, -0.05) is 41.4 Å². The summed E-state index contributed by atoms with van der Waals surface area (Å²) in [5.74, 6) is 0.211. The lowest BCUT2D eigenvalue weighted by molar-refractivity contribution is 0.102. The molecule has 0 aliphatic heterocycles. The third-order valence-electron chi connectivity index (χ3n) is 3.84. The summed E-state index contributed by atoms with van der Waals surface area (Å²) >= 11 is 12.1. The number of rotatable bonds is 3. The highest BCUT2D eigenvalue weighted by Gasteiger charge is 2.13. The van der Waals surface area contributed by atoms with Crippen molar-refractivity contribution in [2.24, 2.45) is 0 Å². The van der Waals surface area contributed by atoms with E-state index in [0.717, 1.165) is 0 Å². The molecular formula is C20H12Cl2N2O2. The number of amides is 1. The van der Waals surface area contributed by atoms with Crippen LogP contribution >= 0.6 is 23.2 Å². The number of anilines is 1. The Kier molecular flexibility index (Phi) is 4.37. The van der Waals surface area contributed by atoms with Crippen LogP contribution < -0.4 is 5.32 Å². The predicted octanol–water partition coefficient (Wildman–Crippen LogP) is 6.05. The number of fused-ring (bicyclic) bond motifs is 1. The van der Waals surface area contributed by atoms with Crippen molar-refractivity contribution in [1.29, 1.82) is 0 Å². The largest absolute Gasteiger partial charge is 0.436 e. The van der Waals surface area contributed by atoms with Crippen LogP contribution in [0.2, 0.25) is 10.0 Å². The molecule has 0 unspecified atom stereocenters. The van der Waals surface area contributed by atoms with Crippen molar-refractivity contribution in [3.63, 3.8) is 0 Å². The lowest BCUT2D eigenvalue weighted by Crippen LogP contribution is -2.11. The molecular weight excluding hydrogens is 371 g/mol. The molecule has 3 aromatic carbocycles. The third kappa shape index (κ3) is 3.29. The summed E-state index contributed by atoms with van der Waals surface area (Å²) in [6.07, 6.45) is 0. The zero-order valence-electron chi connectivity index (χ0n) is 13.4. The van der Waals surface area contributed by atoms with Crippen molar-refractivity contribution in [3.05, 3.63) is 82.3 Å². The minimum absolute atomic E-state index is 0.186. The average Bonchev–Trinajstić information content (AvgIpc) is 3.05. The first-order valence-corrected chi connectivity index (χ1v) is 8.58. The number of hydrogen-bond donors (Lipinski definition) is 1. The molecule has 6 heteroatoms. The summed E-state index contributed by atoms with van der Waals surface area (Å²) in [6.45, 7) is 0. The Morgan fingerprint density at radius 3 is 2.54 bits per heavy atom. The molecule has 0 radical (unpaired) electrons. The van der Waals surface area contributed by atoms with E-state index < -0.39 is 0 Å². The molecule has 128 valence electrons. The number of aromatic nitrogens is 1. The highest BCUT2D eigenvalue weighted by atomic mass is 35.5. The molecule has 0 saturated carbocycles.